The van der Waals surface area contributed by atoms with Crippen molar-refractivity contribution >= 4 is 51.8 Å². The first-order valence-electron chi connectivity index (χ1n) is 18.4. The topological polar surface area (TPSA) is 86.7 Å². The van der Waals surface area contributed by atoms with Gasteiger partial charge in [0.1, 0.15) is 5.78 Å². The highest BCUT2D eigenvalue weighted by molar-refractivity contribution is 14.1. The van der Waals surface area contributed by atoms with Gasteiger partial charge in [-0.3, -0.25) is 14.4 Å². The van der Waals surface area contributed by atoms with Crippen molar-refractivity contribution in [2.45, 2.75) is 153 Å². The Morgan fingerprint density at radius 2 is 1.72 bits per heavy atom. The van der Waals surface area contributed by atoms with E-state index in [9.17, 15) is 19.5 Å². The van der Waals surface area contributed by atoms with E-state index in [0.717, 1.165) is 62.5 Å². The molecule has 1 aliphatic rings. The van der Waals surface area contributed by atoms with Crippen molar-refractivity contribution in [3.63, 3.8) is 0 Å². The van der Waals surface area contributed by atoms with Crippen LogP contribution in [0.15, 0.2) is 36.0 Å². The molecule has 270 valence electrons. The quantitative estimate of drug-likeness (QED) is 0.0418. The number of aliphatic hydroxyl groups is 1. The van der Waals surface area contributed by atoms with Gasteiger partial charge in [0.15, 0.2) is 0 Å². The summed E-state index contributed by atoms with van der Waals surface area (Å²) in [6.07, 6.45) is 19.8. The Morgan fingerprint density at radius 3 is 2.34 bits per heavy atom. The summed E-state index contributed by atoms with van der Waals surface area (Å²) in [6, 6.07) is -0.250. The summed E-state index contributed by atoms with van der Waals surface area (Å²) < 4.78 is 0.378. The van der Waals surface area contributed by atoms with E-state index in [2.05, 4.69) is 41.4 Å². The Morgan fingerprint density at radius 1 is 1.02 bits per heavy atom. The highest BCUT2D eigenvalue weighted by atomic mass is 127. The summed E-state index contributed by atoms with van der Waals surface area (Å²) in [5, 5.41) is 14.4. The van der Waals surface area contributed by atoms with E-state index in [1.54, 1.807) is 4.90 Å². The number of unbranched alkanes of at least 4 members (excludes halogenated alkanes) is 2. The maximum Gasteiger partial charge on any atom is 0.223 e. The van der Waals surface area contributed by atoms with E-state index >= 15 is 0 Å². The van der Waals surface area contributed by atoms with Crippen molar-refractivity contribution in [1.82, 2.24) is 10.2 Å². The summed E-state index contributed by atoms with van der Waals surface area (Å²) >= 11 is 8.28. The number of hydrogen-bond acceptors (Lipinski definition) is 4. The molecule has 0 aromatic rings. The average Bonchev–Trinajstić information content (AvgIpc) is 3.04. The maximum atomic E-state index is 13.7. The number of carbonyl (C=O) groups excluding carboxylic acids is 3. The third-order valence-electron chi connectivity index (χ3n) is 9.62. The summed E-state index contributed by atoms with van der Waals surface area (Å²) in [5.74, 6) is 0.317. The standard InChI is InChI=1S/C39H66ClIN2O4/c1-7-9-11-21-37(45)35(26-31-18-12-10-13-19-31)42-39(47)32(8-2)22-23-36(44)33(25-30(5)17-14-16-29(3)4)27-38(46)43(6)24-15-20-34(41)28-40/h14,16-17,31-35,37,45H,3,7-13,15,18-28H2,1-2,4-6H3,(H,42,47)/b16-14-,30-17+/t32-,33-,34?,35?,37+/m1/s1. The summed E-state index contributed by atoms with van der Waals surface area (Å²) in [5.41, 5.74) is 1.97. The second-order valence-electron chi connectivity index (χ2n) is 14.1. The molecule has 1 aliphatic carbocycles. The van der Waals surface area contributed by atoms with Gasteiger partial charge in [0.25, 0.3) is 0 Å². The number of nitrogens with zero attached hydrogens (tertiary/aromatic N) is 1. The molecule has 47 heavy (non-hydrogen) atoms. The number of carbonyl (C=O) groups is 3. The first-order valence-corrected chi connectivity index (χ1v) is 20.1. The third-order valence-corrected chi connectivity index (χ3v) is 11.6. The monoisotopic (exact) mass is 788 g/mol. The van der Waals surface area contributed by atoms with Crippen molar-refractivity contribution < 1.29 is 19.5 Å². The van der Waals surface area contributed by atoms with E-state index in [1.807, 2.05) is 46.0 Å². The maximum absolute atomic E-state index is 13.7. The molecule has 0 bridgehead atoms. The molecule has 1 rings (SSSR count). The fourth-order valence-corrected chi connectivity index (χ4v) is 7.09. The molecular weight excluding hydrogens is 723 g/mol. The third kappa shape index (κ3) is 19.6. The smallest absolute Gasteiger partial charge is 0.223 e. The number of nitrogens with one attached hydrogen (secondary N) is 1. The van der Waals surface area contributed by atoms with Gasteiger partial charge in [-0.05, 0) is 64.7 Å². The largest absolute Gasteiger partial charge is 0.391 e. The van der Waals surface area contributed by atoms with Gasteiger partial charge in [-0.25, -0.2) is 0 Å². The zero-order valence-electron chi connectivity index (χ0n) is 30.2. The predicted octanol–water partition coefficient (Wildman–Crippen LogP) is 9.51. The number of alkyl halides is 2. The van der Waals surface area contributed by atoms with Gasteiger partial charge in [-0.15, -0.1) is 11.6 Å². The Balaban J connectivity index is 2.96. The Bertz CT molecular complexity index is 993. The number of aliphatic hydroxyl groups excluding tert-OH is 1. The highest BCUT2D eigenvalue weighted by Gasteiger charge is 2.30. The number of ketones is 1. The lowest BCUT2D eigenvalue weighted by molar-refractivity contribution is -0.135. The van der Waals surface area contributed by atoms with Gasteiger partial charge in [0, 0.05) is 48.1 Å². The molecule has 0 radical (unpaired) electrons. The van der Waals surface area contributed by atoms with Crippen LogP contribution in [0.2, 0.25) is 0 Å². The van der Waals surface area contributed by atoms with E-state index < -0.39 is 12.0 Å². The van der Waals surface area contributed by atoms with Crippen molar-refractivity contribution in [2.24, 2.45) is 17.8 Å². The molecule has 0 aromatic heterocycles. The van der Waals surface area contributed by atoms with Crippen LogP contribution in [0.1, 0.15) is 137 Å². The van der Waals surface area contributed by atoms with Crippen molar-refractivity contribution in [3.05, 3.63) is 36.0 Å². The van der Waals surface area contributed by atoms with Crippen molar-refractivity contribution in [1.29, 1.82) is 0 Å². The van der Waals surface area contributed by atoms with Crippen LogP contribution < -0.4 is 5.32 Å². The second kappa shape index (κ2) is 25.7. The van der Waals surface area contributed by atoms with Crippen LogP contribution in [0.4, 0.5) is 0 Å². The normalized spacial score (nSPS) is 17.6. The molecule has 5 atom stereocenters. The minimum Gasteiger partial charge on any atom is -0.391 e. The molecule has 0 heterocycles. The molecule has 0 aromatic carbocycles. The molecule has 8 heteroatoms. The van der Waals surface area contributed by atoms with Crippen molar-refractivity contribution in [3.8, 4) is 0 Å². The molecule has 2 N–H and O–H groups in total. The number of Topliss-reactive ketones (excluding diaryl/α,β-unsaturated/α-hetero) is 1. The number of allylic oxidation sites excluding steroid dienone is 5. The molecule has 6 nitrogen and oxygen atoms in total. The van der Waals surface area contributed by atoms with Gasteiger partial charge in [0.05, 0.1) is 12.1 Å². The molecule has 2 unspecified atom stereocenters. The van der Waals surface area contributed by atoms with Gasteiger partial charge < -0.3 is 15.3 Å². The molecule has 0 saturated heterocycles. The zero-order chi connectivity index (χ0) is 35.2. The molecule has 2 amide bonds. The molecule has 0 aliphatic heterocycles. The van der Waals surface area contributed by atoms with Gasteiger partial charge in [-0.2, -0.15) is 0 Å². The number of rotatable bonds is 25. The van der Waals surface area contributed by atoms with E-state index in [1.165, 1.54) is 19.3 Å². The number of amides is 2. The number of hydrogen-bond donors (Lipinski definition) is 2. The minimum atomic E-state index is -0.551. The number of halogens is 2. The molecular formula is C39H66ClIN2O4. The fourth-order valence-electron chi connectivity index (χ4n) is 6.49. The summed E-state index contributed by atoms with van der Waals surface area (Å²) in [7, 11) is 1.81. The Hall–Kier alpha value is -1.19. The zero-order valence-corrected chi connectivity index (χ0v) is 33.1. The molecule has 0 spiro atoms. The predicted molar refractivity (Wildman–Crippen MR) is 207 cm³/mol. The first kappa shape index (κ1) is 43.8. The minimum absolute atomic E-state index is 0.0300. The lowest BCUT2D eigenvalue weighted by atomic mass is 9.82. The summed E-state index contributed by atoms with van der Waals surface area (Å²) in [6.45, 7) is 12.6. The van der Waals surface area contributed by atoms with Crippen LogP contribution in [-0.2, 0) is 14.4 Å². The second-order valence-corrected chi connectivity index (χ2v) is 16.1. The van der Waals surface area contributed by atoms with E-state index in [4.69, 9.17) is 11.6 Å². The van der Waals surface area contributed by atoms with Crippen LogP contribution in [0.3, 0.4) is 0 Å². The lowest BCUT2D eigenvalue weighted by Gasteiger charge is -2.31. The lowest BCUT2D eigenvalue weighted by Crippen LogP contribution is -2.47. The fraction of sp³-hybridized carbons (Fsp3) is 0.769. The van der Waals surface area contributed by atoms with Crippen LogP contribution in [0.5, 0.6) is 0 Å². The SMILES string of the molecule is C=C(C)/C=C\C=C(/C)C[C@H](CC(=O)N(C)CCCC(I)CCl)C(=O)CC[C@@H](CC)C(=O)NC(CC1CCCCC1)[C@@H](O)CCCCC. The first-order chi connectivity index (χ1) is 22.4. The van der Waals surface area contributed by atoms with Crippen LogP contribution in [0.25, 0.3) is 0 Å². The Labute approximate surface area is 306 Å². The van der Waals surface area contributed by atoms with E-state index in [-0.39, 0.29) is 42.4 Å². The van der Waals surface area contributed by atoms with Gasteiger partial charge in [-0.1, -0.05) is 124 Å². The molecule has 1 saturated carbocycles. The van der Waals surface area contributed by atoms with Crippen molar-refractivity contribution in [2.75, 3.05) is 19.5 Å². The average molecular weight is 789 g/mol. The van der Waals surface area contributed by atoms with Gasteiger partial charge >= 0.3 is 0 Å². The highest BCUT2D eigenvalue weighted by Crippen LogP contribution is 2.29. The Kier molecular flexibility index (Phi) is 24.0. The molecule has 1 fully saturated rings. The van der Waals surface area contributed by atoms with Crippen LogP contribution in [-0.4, -0.2) is 63.1 Å². The van der Waals surface area contributed by atoms with Crippen LogP contribution >= 0.6 is 34.2 Å². The van der Waals surface area contributed by atoms with Gasteiger partial charge in [0.2, 0.25) is 11.8 Å². The summed E-state index contributed by atoms with van der Waals surface area (Å²) in [4.78, 5) is 42.3. The van der Waals surface area contributed by atoms with Crippen LogP contribution in [0, 0.1) is 17.8 Å². The van der Waals surface area contributed by atoms with E-state index in [0.29, 0.717) is 48.0 Å².